The lowest BCUT2D eigenvalue weighted by molar-refractivity contribution is 0.268. The number of benzene rings is 1. The van der Waals surface area contributed by atoms with Crippen LogP contribution in [0.2, 0.25) is 0 Å². The van der Waals surface area contributed by atoms with Crippen molar-refractivity contribution in [2.75, 3.05) is 0 Å². The first-order chi connectivity index (χ1) is 8.21. The molecule has 0 aliphatic rings. The summed E-state index contributed by atoms with van der Waals surface area (Å²) in [5, 5.41) is 16.9. The topological polar surface area (TPSA) is 152 Å². The summed E-state index contributed by atoms with van der Waals surface area (Å²) in [4.78, 5) is 26.5. The van der Waals surface area contributed by atoms with E-state index in [-0.39, 0.29) is 5.56 Å². The fraction of sp³-hybridized carbons (Fsp3) is 0. The van der Waals surface area contributed by atoms with Crippen LogP contribution in [-0.4, -0.2) is 14.7 Å². The highest BCUT2D eigenvalue weighted by molar-refractivity contribution is 7.69. The molecule has 0 radical (unpaired) electrons. The van der Waals surface area contributed by atoms with Crippen molar-refractivity contribution in [3.63, 3.8) is 0 Å². The van der Waals surface area contributed by atoms with E-state index in [0.29, 0.717) is 0 Å². The molecule has 8 nitrogen and oxygen atoms in total. The van der Waals surface area contributed by atoms with E-state index < -0.39 is 26.3 Å². The molecule has 18 heavy (non-hydrogen) atoms. The van der Waals surface area contributed by atoms with Gasteiger partial charge in [-0.2, -0.15) is 10.5 Å². The Balaban J connectivity index is 3.44. The Morgan fingerprint density at radius 2 is 1.72 bits per heavy atom. The highest BCUT2D eigenvalue weighted by Crippen LogP contribution is 2.56. The van der Waals surface area contributed by atoms with Crippen molar-refractivity contribution in [3.05, 3.63) is 29.3 Å². The van der Waals surface area contributed by atoms with Gasteiger partial charge in [0.1, 0.15) is 12.1 Å². The fourth-order valence-electron chi connectivity index (χ4n) is 1.17. The van der Waals surface area contributed by atoms with Gasteiger partial charge in [0.25, 0.3) is 0 Å². The Bertz CT molecular complexity index is 653. The minimum Gasteiger partial charge on any atom is -0.321 e. The van der Waals surface area contributed by atoms with Crippen LogP contribution in [0.15, 0.2) is 18.2 Å². The van der Waals surface area contributed by atoms with E-state index in [0.717, 1.165) is 6.07 Å². The molecular formula is C8H6N2O6P2. The molecule has 1 rings (SSSR count). The van der Waals surface area contributed by atoms with E-state index in [1.54, 1.807) is 6.07 Å². The minimum atomic E-state index is -5.21. The van der Waals surface area contributed by atoms with Gasteiger partial charge < -0.3 is 14.7 Å². The summed E-state index contributed by atoms with van der Waals surface area (Å²) in [6.45, 7) is 0. The van der Waals surface area contributed by atoms with Crippen LogP contribution < -0.4 is 5.30 Å². The number of rotatable bonds is 3. The first kappa shape index (κ1) is 14.6. The maximum atomic E-state index is 11.7. The van der Waals surface area contributed by atoms with Gasteiger partial charge in [-0.25, -0.2) is 8.88 Å². The molecule has 0 aromatic heterocycles. The first-order valence-corrected chi connectivity index (χ1v) is 7.35. The first-order valence-electron chi connectivity index (χ1n) is 4.25. The molecule has 0 saturated carbocycles. The molecule has 0 aliphatic heterocycles. The number of hydrogen-bond acceptors (Lipinski definition) is 5. The van der Waals surface area contributed by atoms with E-state index >= 15 is 0 Å². The Morgan fingerprint density at radius 3 is 2.17 bits per heavy atom. The number of nitrogens with zero attached hydrogens (tertiary/aromatic N) is 2. The average molecular weight is 288 g/mol. The summed E-state index contributed by atoms with van der Waals surface area (Å²) >= 11 is 0. The zero-order chi connectivity index (χ0) is 14.0. The van der Waals surface area contributed by atoms with Crippen LogP contribution in [0.3, 0.4) is 0 Å². The predicted octanol–water partition coefficient (Wildman–Crippen LogP) is 0.350. The Labute approximate surface area is 101 Å². The lowest BCUT2D eigenvalue weighted by atomic mass is 10.1. The van der Waals surface area contributed by atoms with Crippen LogP contribution in [0.25, 0.3) is 0 Å². The number of hydrogen-bond donors (Lipinski definition) is 3. The summed E-state index contributed by atoms with van der Waals surface area (Å²) in [6.07, 6.45) is 0. The van der Waals surface area contributed by atoms with E-state index in [1.807, 2.05) is 0 Å². The summed E-state index contributed by atoms with van der Waals surface area (Å²) in [7, 11) is -10.1. The van der Waals surface area contributed by atoms with Crippen LogP contribution >= 0.6 is 15.4 Å². The molecule has 1 unspecified atom stereocenters. The predicted molar refractivity (Wildman–Crippen MR) is 58.5 cm³/mol. The molecule has 0 heterocycles. The van der Waals surface area contributed by atoms with E-state index in [1.165, 1.54) is 18.2 Å². The summed E-state index contributed by atoms with van der Waals surface area (Å²) < 4.78 is 26.0. The summed E-state index contributed by atoms with van der Waals surface area (Å²) in [5.74, 6) is 0. The zero-order valence-corrected chi connectivity index (χ0v) is 10.4. The van der Waals surface area contributed by atoms with Crippen molar-refractivity contribution >= 4 is 20.7 Å². The monoisotopic (exact) mass is 288 g/mol. The Morgan fingerprint density at radius 1 is 1.11 bits per heavy atom. The average Bonchev–Trinajstić information content (AvgIpc) is 2.24. The maximum Gasteiger partial charge on any atom is 0.477 e. The molecule has 0 aliphatic carbocycles. The SMILES string of the molecule is N#Cc1cccc(P(=O)(O)OP(=O)(O)O)c1C#N. The largest absolute Gasteiger partial charge is 0.477 e. The van der Waals surface area contributed by atoms with Crippen LogP contribution in [0.1, 0.15) is 11.1 Å². The quantitative estimate of drug-likeness (QED) is 0.673. The number of nitriles is 2. The van der Waals surface area contributed by atoms with E-state index in [2.05, 4.69) is 4.31 Å². The van der Waals surface area contributed by atoms with Crippen molar-refractivity contribution in [3.8, 4) is 12.1 Å². The molecule has 0 amide bonds. The zero-order valence-electron chi connectivity index (χ0n) is 8.59. The van der Waals surface area contributed by atoms with Crippen molar-refractivity contribution in [2.45, 2.75) is 0 Å². The van der Waals surface area contributed by atoms with Crippen molar-refractivity contribution < 1.29 is 28.1 Å². The van der Waals surface area contributed by atoms with Crippen LogP contribution in [-0.2, 0) is 13.4 Å². The molecule has 0 bridgehead atoms. The summed E-state index contributed by atoms with van der Waals surface area (Å²) in [5.41, 5.74) is -0.655. The van der Waals surface area contributed by atoms with E-state index in [4.69, 9.17) is 20.3 Å². The van der Waals surface area contributed by atoms with Crippen molar-refractivity contribution in [1.82, 2.24) is 0 Å². The van der Waals surface area contributed by atoms with Gasteiger partial charge >= 0.3 is 15.4 Å². The second-order valence-corrected chi connectivity index (χ2v) is 6.17. The van der Waals surface area contributed by atoms with Crippen LogP contribution in [0.5, 0.6) is 0 Å². The van der Waals surface area contributed by atoms with Crippen LogP contribution in [0.4, 0.5) is 0 Å². The van der Waals surface area contributed by atoms with Gasteiger partial charge in [-0.3, -0.25) is 4.57 Å². The maximum absolute atomic E-state index is 11.7. The summed E-state index contributed by atoms with van der Waals surface area (Å²) in [6, 6.07) is 6.54. The van der Waals surface area contributed by atoms with Crippen LogP contribution in [0, 0.1) is 22.7 Å². The third-order valence-electron chi connectivity index (χ3n) is 1.80. The smallest absolute Gasteiger partial charge is 0.321 e. The molecule has 0 saturated heterocycles. The molecule has 3 N–H and O–H groups in total. The third-order valence-corrected chi connectivity index (χ3v) is 4.51. The molecular weight excluding hydrogens is 282 g/mol. The molecule has 1 aromatic carbocycles. The van der Waals surface area contributed by atoms with Gasteiger partial charge in [0.15, 0.2) is 0 Å². The Hall–Kier alpha value is -1.50. The van der Waals surface area contributed by atoms with E-state index in [9.17, 15) is 14.0 Å². The second kappa shape index (κ2) is 5.01. The molecule has 0 spiro atoms. The molecule has 94 valence electrons. The fourth-order valence-corrected chi connectivity index (χ4v) is 3.41. The standard InChI is InChI=1S/C8H6N2O6P2/c9-4-6-2-1-3-8(7(6)5-10)17(11,12)16-18(13,14)15/h1-3H,(H,11,12)(H2,13,14,15). The van der Waals surface area contributed by atoms with Crippen molar-refractivity contribution in [2.24, 2.45) is 0 Å². The van der Waals surface area contributed by atoms with Gasteiger partial charge in [-0.05, 0) is 12.1 Å². The highest BCUT2D eigenvalue weighted by atomic mass is 31.3. The highest BCUT2D eigenvalue weighted by Gasteiger charge is 2.35. The molecule has 0 fully saturated rings. The van der Waals surface area contributed by atoms with Gasteiger partial charge in [-0.1, -0.05) is 6.07 Å². The Kier molecular flexibility index (Phi) is 4.05. The van der Waals surface area contributed by atoms with Gasteiger partial charge in [-0.15, -0.1) is 0 Å². The number of phosphoric acid groups is 1. The lowest BCUT2D eigenvalue weighted by Gasteiger charge is -2.14. The van der Waals surface area contributed by atoms with Gasteiger partial charge in [0.05, 0.1) is 16.4 Å². The molecule has 1 aromatic rings. The minimum absolute atomic E-state index is 0.196. The third kappa shape index (κ3) is 3.25. The second-order valence-electron chi connectivity index (χ2n) is 3.02. The van der Waals surface area contributed by atoms with Gasteiger partial charge in [0, 0.05) is 0 Å². The normalized spacial score (nSPS) is 14.3. The molecule has 10 heteroatoms. The lowest BCUT2D eigenvalue weighted by Crippen LogP contribution is -2.12. The van der Waals surface area contributed by atoms with Crippen molar-refractivity contribution in [1.29, 1.82) is 10.5 Å². The van der Waals surface area contributed by atoms with Gasteiger partial charge in [0.2, 0.25) is 0 Å². The molecule has 1 atom stereocenters.